The lowest BCUT2D eigenvalue weighted by Gasteiger charge is -2.41. The van der Waals surface area contributed by atoms with E-state index in [4.69, 9.17) is 14.7 Å². The second-order valence-corrected chi connectivity index (χ2v) is 11.7. The number of methoxy groups -OCH3 is 1. The fourth-order valence-corrected chi connectivity index (χ4v) is 6.36. The highest BCUT2D eigenvalue weighted by Gasteiger charge is 2.32. The third-order valence-corrected chi connectivity index (χ3v) is 8.77. The van der Waals surface area contributed by atoms with Crippen molar-refractivity contribution >= 4 is 22.4 Å². The average molecular weight is 525 g/mol. The molecule has 204 valence electrons. The molecule has 6 rings (SSSR count). The lowest BCUT2D eigenvalue weighted by molar-refractivity contribution is 0.0719. The zero-order chi connectivity index (χ0) is 27.3. The van der Waals surface area contributed by atoms with Gasteiger partial charge in [0.1, 0.15) is 5.82 Å². The van der Waals surface area contributed by atoms with Gasteiger partial charge in [0.25, 0.3) is 0 Å². The highest BCUT2D eigenvalue weighted by molar-refractivity contribution is 5.94. The number of H-pyrrole nitrogens is 1. The first-order chi connectivity index (χ1) is 18.8. The van der Waals surface area contributed by atoms with Gasteiger partial charge in [0, 0.05) is 61.4 Å². The highest BCUT2D eigenvalue weighted by Crippen LogP contribution is 2.38. The van der Waals surface area contributed by atoms with Crippen molar-refractivity contribution in [2.45, 2.75) is 78.5 Å². The molecule has 0 amide bonds. The SMILES string of the molecule is COC1CCN(c2nc(-c3c(C)ccc4[nH]ncc34)nc3c2CN(c2cc(C(C)C)ccc2C)CC3)C(C)C1. The molecule has 2 aliphatic heterocycles. The van der Waals surface area contributed by atoms with E-state index in [1.165, 1.54) is 33.6 Å². The van der Waals surface area contributed by atoms with Crippen molar-refractivity contribution in [3.8, 4) is 11.4 Å². The number of hydrogen-bond acceptors (Lipinski definition) is 6. The third-order valence-electron chi connectivity index (χ3n) is 8.77. The van der Waals surface area contributed by atoms with Gasteiger partial charge >= 0.3 is 0 Å². The molecule has 0 aliphatic carbocycles. The summed E-state index contributed by atoms with van der Waals surface area (Å²) >= 11 is 0. The third kappa shape index (κ3) is 4.67. The van der Waals surface area contributed by atoms with Gasteiger partial charge in [0.05, 0.1) is 23.5 Å². The van der Waals surface area contributed by atoms with Crippen LogP contribution in [0.4, 0.5) is 11.5 Å². The number of rotatable bonds is 5. The number of aromatic nitrogens is 4. The highest BCUT2D eigenvalue weighted by atomic mass is 16.5. The normalized spacial score (nSPS) is 19.7. The molecule has 0 radical (unpaired) electrons. The van der Waals surface area contributed by atoms with Gasteiger partial charge in [-0.15, -0.1) is 0 Å². The van der Waals surface area contributed by atoms with Crippen molar-refractivity contribution in [2.75, 3.05) is 30.0 Å². The zero-order valence-corrected chi connectivity index (χ0v) is 24.1. The zero-order valence-electron chi connectivity index (χ0n) is 24.1. The van der Waals surface area contributed by atoms with Gasteiger partial charge in [-0.05, 0) is 68.4 Å². The van der Waals surface area contributed by atoms with E-state index in [1.54, 1.807) is 0 Å². The van der Waals surface area contributed by atoms with E-state index >= 15 is 0 Å². The number of hydrogen-bond donors (Lipinski definition) is 1. The number of benzene rings is 2. The van der Waals surface area contributed by atoms with Crippen LogP contribution in [0.25, 0.3) is 22.3 Å². The molecule has 0 saturated carbocycles. The topological polar surface area (TPSA) is 70.2 Å². The molecule has 2 aromatic heterocycles. The quantitative estimate of drug-likeness (QED) is 0.329. The first-order valence-electron chi connectivity index (χ1n) is 14.3. The van der Waals surface area contributed by atoms with Crippen LogP contribution in [-0.2, 0) is 17.7 Å². The molecular formula is C32H40N6O. The Bertz CT molecular complexity index is 1510. The monoisotopic (exact) mass is 524 g/mol. The summed E-state index contributed by atoms with van der Waals surface area (Å²) in [5.41, 5.74) is 9.72. The summed E-state index contributed by atoms with van der Waals surface area (Å²) in [6.45, 7) is 13.9. The minimum Gasteiger partial charge on any atom is -0.381 e. The predicted octanol–water partition coefficient (Wildman–Crippen LogP) is 6.33. The maximum absolute atomic E-state index is 5.75. The van der Waals surface area contributed by atoms with E-state index in [2.05, 4.69) is 84.9 Å². The van der Waals surface area contributed by atoms with Crippen LogP contribution in [0.15, 0.2) is 36.5 Å². The molecule has 7 heteroatoms. The van der Waals surface area contributed by atoms with Gasteiger partial charge in [-0.3, -0.25) is 5.10 Å². The fraction of sp³-hybridized carbons (Fsp3) is 0.469. The number of piperidine rings is 1. The Balaban J connectivity index is 1.47. The summed E-state index contributed by atoms with van der Waals surface area (Å²) < 4.78 is 5.75. The minimum absolute atomic E-state index is 0.299. The maximum atomic E-state index is 5.75. The summed E-state index contributed by atoms with van der Waals surface area (Å²) in [7, 11) is 1.83. The number of anilines is 2. The molecular weight excluding hydrogens is 484 g/mol. The Hall–Kier alpha value is -3.45. The predicted molar refractivity (Wildman–Crippen MR) is 159 cm³/mol. The largest absolute Gasteiger partial charge is 0.381 e. The minimum atomic E-state index is 0.299. The summed E-state index contributed by atoms with van der Waals surface area (Å²) in [5.74, 6) is 2.39. The van der Waals surface area contributed by atoms with Crippen LogP contribution in [0.1, 0.15) is 67.5 Å². The van der Waals surface area contributed by atoms with Crippen molar-refractivity contribution in [2.24, 2.45) is 0 Å². The van der Waals surface area contributed by atoms with Crippen LogP contribution in [0.2, 0.25) is 0 Å². The Morgan fingerprint density at radius 2 is 1.87 bits per heavy atom. The summed E-state index contributed by atoms with van der Waals surface area (Å²) in [6, 6.07) is 11.5. The number of aryl methyl sites for hydroxylation is 2. The number of fused-ring (bicyclic) bond motifs is 2. The fourth-order valence-electron chi connectivity index (χ4n) is 6.36. The van der Waals surface area contributed by atoms with Gasteiger partial charge in [-0.1, -0.05) is 32.0 Å². The lowest BCUT2D eigenvalue weighted by atomic mass is 9.96. The van der Waals surface area contributed by atoms with Gasteiger partial charge in [-0.25, -0.2) is 9.97 Å². The van der Waals surface area contributed by atoms with Gasteiger partial charge in [0.15, 0.2) is 5.82 Å². The average Bonchev–Trinajstić information content (AvgIpc) is 3.41. The van der Waals surface area contributed by atoms with Crippen LogP contribution in [0.3, 0.4) is 0 Å². The second-order valence-electron chi connectivity index (χ2n) is 11.7. The number of nitrogens with one attached hydrogen (secondary N) is 1. The van der Waals surface area contributed by atoms with Gasteiger partial charge in [0.2, 0.25) is 0 Å². The molecule has 4 heterocycles. The molecule has 2 atom stereocenters. The van der Waals surface area contributed by atoms with Crippen molar-refractivity contribution < 1.29 is 4.74 Å². The maximum Gasteiger partial charge on any atom is 0.162 e. The van der Waals surface area contributed by atoms with Crippen LogP contribution >= 0.6 is 0 Å². The molecule has 1 saturated heterocycles. The van der Waals surface area contributed by atoms with Gasteiger partial charge in [-0.2, -0.15) is 5.10 Å². The van der Waals surface area contributed by atoms with Crippen molar-refractivity contribution in [1.29, 1.82) is 0 Å². The van der Waals surface area contributed by atoms with Crippen molar-refractivity contribution in [3.63, 3.8) is 0 Å². The van der Waals surface area contributed by atoms with E-state index < -0.39 is 0 Å². The van der Waals surface area contributed by atoms with E-state index in [1.807, 2.05) is 13.3 Å². The Kier molecular flexibility index (Phi) is 6.79. The lowest BCUT2D eigenvalue weighted by Crippen LogP contribution is -2.45. The molecule has 0 bridgehead atoms. The van der Waals surface area contributed by atoms with Crippen molar-refractivity contribution in [3.05, 3.63) is 64.5 Å². The van der Waals surface area contributed by atoms with Crippen LogP contribution in [0.5, 0.6) is 0 Å². The summed E-state index contributed by atoms with van der Waals surface area (Å²) in [4.78, 5) is 15.7. The molecule has 1 fully saturated rings. The Labute approximate surface area is 231 Å². The number of ether oxygens (including phenoxy) is 1. The Morgan fingerprint density at radius 3 is 2.64 bits per heavy atom. The standard InChI is InChI=1S/C32H40N6O/c1-19(2)23-9-7-20(3)29(16-23)37-13-12-27-26(18-37)32(38-14-11-24(39-6)15-22(38)5)35-31(34-27)30-21(4)8-10-28-25(30)17-33-36-28/h7-10,16-17,19,22,24H,11-15,18H2,1-6H3,(H,33,36). The van der Waals surface area contributed by atoms with Crippen LogP contribution < -0.4 is 9.80 Å². The van der Waals surface area contributed by atoms with Crippen molar-refractivity contribution in [1.82, 2.24) is 20.2 Å². The summed E-state index contributed by atoms with van der Waals surface area (Å²) in [5, 5.41) is 8.51. The Morgan fingerprint density at radius 1 is 1.05 bits per heavy atom. The van der Waals surface area contributed by atoms with E-state index in [0.29, 0.717) is 18.1 Å². The molecule has 2 aliphatic rings. The molecule has 39 heavy (non-hydrogen) atoms. The number of nitrogens with zero attached hydrogens (tertiary/aromatic N) is 5. The summed E-state index contributed by atoms with van der Waals surface area (Å²) in [6.07, 6.45) is 5.10. The molecule has 2 aromatic carbocycles. The first-order valence-corrected chi connectivity index (χ1v) is 14.3. The molecule has 7 nitrogen and oxygen atoms in total. The molecule has 1 N–H and O–H groups in total. The second kappa shape index (κ2) is 10.3. The van der Waals surface area contributed by atoms with Crippen LogP contribution in [-0.4, -0.2) is 52.5 Å². The van der Waals surface area contributed by atoms with E-state index in [9.17, 15) is 0 Å². The van der Waals surface area contributed by atoms with E-state index in [-0.39, 0.29) is 0 Å². The molecule has 2 unspecified atom stereocenters. The van der Waals surface area contributed by atoms with E-state index in [0.717, 1.165) is 67.0 Å². The van der Waals surface area contributed by atoms with Gasteiger partial charge < -0.3 is 14.5 Å². The first kappa shape index (κ1) is 25.8. The molecule has 0 spiro atoms. The number of aromatic amines is 1. The molecule has 4 aromatic rings. The van der Waals surface area contributed by atoms with Crippen LogP contribution in [0, 0.1) is 13.8 Å². The smallest absolute Gasteiger partial charge is 0.162 e.